The normalized spacial score (nSPS) is 10.2. The molecule has 0 aliphatic rings. The van der Waals surface area contributed by atoms with Gasteiger partial charge in [0, 0.05) is 0 Å². The highest BCUT2D eigenvalue weighted by Crippen LogP contribution is 2.33. The van der Waals surface area contributed by atoms with Crippen molar-refractivity contribution in [2.75, 3.05) is 0 Å². The first kappa shape index (κ1) is 7.82. The van der Waals surface area contributed by atoms with Crippen LogP contribution in [0.25, 0.3) is 0 Å². The topological polar surface area (TPSA) is 77.8 Å². The van der Waals surface area contributed by atoms with Gasteiger partial charge in [0.25, 0.3) is 0 Å². The Kier molecular flexibility index (Phi) is 1.96. The summed E-state index contributed by atoms with van der Waals surface area (Å²) >= 11 is 0. The Labute approximate surface area is 63.9 Å². The van der Waals surface area contributed by atoms with E-state index in [4.69, 9.17) is 15.3 Å². The van der Waals surface area contributed by atoms with Crippen molar-refractivity contribution in [3.63, 3.8) is 0 Å². The Morgan fingerprint density at radius 3 is 2.27 bits per heavy atom. The van der Waals surface area contributed by atoms with E-state index in [0.717, 1.165) is 6.07 Å². The van der Waals surface area contributed by atoms with Crippen LogP contribution in [0.15, 0.2) is 12.1 Å². The molecule has 0 bridgehead atoms. The van der Waals surface area contributed by atoms with Crippen LogP contribution < -0.4 is 5.30 Å². The lowest BCUT2D eigenvalue weighted by Crippen LogP contribution is -1.91. The number of rotatable bonds is 1. The molecule has 0 aliphatic heterocycles. The van der Waals surface area contributed by atoms with Crippen LogP contribution in [0.1, 0.15) is 0 Å². The predicted molar refractivity (Wildman–Crippen MR) is 40.1 cm³/mol. The second-order valence-electron chi connectivity index (χ2n) is 1.93. The lowest BCUT2D eigenvalue weighted by Gasteiger charge is -1.97. The number of aromatic hydroxyl groups is 3. The van der Waals surface area contributed by atoms with E-state index in [9.17, 15) is 4.57 Å². The van der Waals surface area contributed by atoms with Crippen LogP contribution in [0, 0.1) is 0 Å². The maximum absolute atomic E-state index is 10.3. The molecule has 0 spiro atoms. The van der Waals surface area contributed by atoms with E-state index in [0.29, 0.717) is 0 Å². The van der Waals surface area contributed by atoms with Crippen molar-refractivity contribution in [2.24, 2.45) is 0 Å². The fourth-order valence-corrected chi connectivity index (χ4v) is 1.02. The fourth-order valence-electron chi connectivity index (χ4n) is 0.651. The second-order valence-corrected chi connectivity index (χ2v) is 2.67. The van der Waals surface area contributed by atoms with Crippen molar-refractivity contribution in [1.82, 2.24) is 0 Å². The molecule has 0 aliphatic carbocycles. The Balaban J connectivity index is 3.36. The second kappa shape index (κ2) is 2.76. The van der Waals surface area contributed by atoms with Crippen molar-refractivity contribution >= 4 is 13.8 Å². The molecule has 1 atom stereocenters. The van der Waals surface area contributed by atoms with Crippen molar-refractivity contribution in [1.29, 1.82) is 0 Å². The third-order valence-corrected chi connectivity index (χ3v) is 1.86. The summed E-state index contributed by atoms with van der Waals surface area (Å²) < 4.78 is 10.3. The Bertz CT molecular complexity index is 297. The number of hydrogen-bond donors (Lipinski definition) is 3. The molecular weight excluding hydrogens is 167 g/mol. The monoisotopic (exact) mass is 173 g/mol. The van der Waals surface area contributed by atoms with Crippen molar-refractivity contribution < 1.29 is 19.9 Å². The molecule has 0 heterocycles. The molecule has 0 saturated heterocycles. The lowest BCUT2D eigenvalue weighted by atomic mass is 10.3. The zero-order valence-electron chi connectivity index (χ0n) is 5.40. The maximum Gasteiger partial charge on any atom is 0.367 e. The van der Waals surface area contributed by atoms with Crippen LogP contribution in [0.3, 0.4) is 0 Å². The molecule has 0 radical (unpaired) electrons. The minimum absolute atomic E-state index is 0.0975. The Hall–Kier alpha value is -1.28. The number of phenolic OH excluding ortho intramolecular Hbond substituents is 3. The van der Waals surface area contributed by atoms with Crippen molar-refractivity contribution in [3.05, 3.63) is 12.1 Å². The Morgan fingerprint density at radius 1 is 1.09 bits per heavy atom. The molecule has 5 heteroatoms. The molecule has 4 nitrogen and oxygen atoms in total. The molecule has 1 unspecified atom stereocenters. The van der Waals surface area contributed by atoms with E-state index in [-0.39, 0.29) is 5.30 Å². The molecule has 3 N–H and O–H groups in total. The summed E-state index contributed by atoms with van der Waals surface area (Å²) in [5.41, 5.74) is 0. The minimum atomic E-state index is -0.849. The molecule has 58 valence electrons. The van der Waals surface area contributed by atoms with E-state index in [1.165, 1.54) is 6.07 Å². The van der Waals surface area contributed by atoms with E-state index >= 15 is 0 Å². The van der Waals surface area contributed by atoms with Crippen molar-refractivity contribution in [2.45, 2.75) is 0 Å². The van der Waals surface area contributed by atoms with Crippen LogP contribution in [0.4, 0.5) is 0 Å². The summed E-state index contributed by atoms with van der Waals surface area (Å²) in [6.07, 6.45) is 0. The zero-order chi connectivity index (χ0) is 8.43. The summed E-state index contributed by atoms with van der Waals surface area (Å²) in [5, 5.41) is 26.8. The molecule has 0 aromatic heterocycles. The highest BCUT2D eigenvalue weighted by Gasteiger charge is 2.15. The van der Waals surface area contributed by atoms with Crippen LogP contribution >= 0.6 is 8.46 Å². The zero-order valence-corrected chi connectivity index (χ0v) is 6.40. The standard InChI is InChI=1S/C6H5O4P/c7-3-1-2-4(11-10)6(9)5(3)8/h1-2,7-9H/p+1. The highest BCUT2D eigenvalue weighted by molar-refractivity contribution is 7.34. The smallest absolute Gasteiger partial charge is 0.367 e. The maximum atomic E-state index is 10.3. The van der Waals surface area contributed by atoms with Crippen LogP contribution in [-0.4, -0.2) is 15.3 Å². The summed E-state index contributed by atoms with van der Waals surface area (Å²) in [6.45, 7) is 0. The van der Waals surface area contributed by atoms with Gasteiger partial charge < -0.3 is 15.3 Å². The first-order chi connectivity index (χ1) is 5.16. The summed E-state index contributed by atoms with van der Waals surface area (Å²) in [7, 11) is -0.849. The van der Waals surface area contributed by atoms with Gasteiger partial charge >= 0.3 is 8.46 Å². The third-order valence-electron chi connectivity index (χ3n) is 1.24. The van der Waals surface area contributed by atoms with Gasteiger partial charge in [-0.15, -0.1) is 0 Å². The summed E-state index contributed by atoms with van der Waals surface area (Å²) in [5.74, 6) is -1.59. The van der Waals surface area contributed by atoms with Gasteiger partial charge in [0.2, 0.25) is 16.8 Å². The number of phenols is 3. The van der Waals surface area contributed by atoms with Gasteiger partial charge in [-0.05, 0) is 12.1 Å². The Morgan fingerprint density at radius 2 is 1.73 bits per heavy atom. The van der Waals surface area contributed by atoms with Crippen LogP contribution in [-0.2, 0) is 4.57 Å². The van der Waals surface area contributed by atoms with Gasteiger partial charge in [-0.1, -0.05) is 4.57 Å². The molecule has 0 amide bonds. The van der Waals surface area contributed by atoms with Gasteiger partial charge in [0.1, 0.15) is 0 Å². The van der Waals surface area contributed by atoms with E-state index in [1.54, 1.807) is 0 Å². The van der Waals surface area contributed by atoms with Gasteiger partial charge in [-0.25, -0.2) is 0 Å². The van der Waals surface area contributed by atoms with E-state index in [1.807, 2.05) is 0 Å². The average molecular weight is 173 g/mol. The average Bonchev–Trinajstić information content (AvgIpc) is 2.01. The first-order valence-corrected chi connectivity index (χ1v) is 3.69. The highest BCUT2D eigenvalue weighted by atomic mass is 31.1. The lowest BCUT2D eigenvalue weighted by molar-refractivity contribution is 0.370. The van der Waals surface area contributed by atoms with Crippen molar-refractivity contribution in [3.8, 4) is 17.2 Å². The molecule has 0 fully saturated rings. The van der Waals surface area contributed by atoms with Gasteiger partial charge in [-0.3, -0.25) is 0 Å². The number of benzene rings is 1. The number of hydrogen-bond acceptors (Lipinski definition) is 4. The first-order valence-electron chi connectivity index (χ1n) is 2.79. The van der Waals surface area contributed by atoms with E-state index < -0.39 is 25.7 Å². The largest absolute Gasteiger partial charge is 0.504 e. The van der Waals surface area contributed by atoms with Gasteiger partial charge in [-0.2, -0.15) is 0 Å². The molecule has 1 aromatic carbocycles. The van der Waals surface area contributed by atoms with Gasteiger partial charge in [0.15, 0.2) is 5.75 Å². The summed E-state index contributed by atoms with van der Waals surface area (Å²) in [6, 6.07) is 2.44. The van der Waals surface area contributed by atoms with Crippen LogP contribution in [0.5, 0.6) is 17.2 Å². The molecular formula is C6H6O4P+. The minimum Gasteiger partial charge on any atom is -0.504 e. The quantitative estimate of drug-likeness (QED) is 0.425. The van der Waals surface area contributed by atoms with Crippen LogP contribution in [0.2, 0.25) is 0 Å². The van der Waals surface area contributed by atoms with E-state index in [2.05, 4.69) is 0 Å². The molecule has 11 heavy (non-hydrogen) atoms. The molecule has 1 aromatic rings. The fraction of sp³-hybridized carbons (Fsp3) is 0. The SMILES string of the molecule is O=[PH+]c1ccc(O)c(O)c1O. The molecule has 0 saturated carbocycles. The predicted octanol–water partition coefficient (Wildman–Crippen LogP) is 0.453. The third kappa shape index (κ3) is 1.25. The molecule has 1 rings (SSSR count). The van der Waals surface area contributed by atoms with Gasteiger partial charge in [0.05, 0.1) is 0 Å². The summed E-state index contributed by atoms with van der Waals surface area (Å²) in [4.78, 5) is 0.